The molecule has 0 saturated carbocycles. The summed E-state index contributed by atoms with van der Waals surface area (Å²) in [6.07, 6.45) is 1.84. The van der Waals surface area contributed by atoms with Crippen LogP contribution in [-0.2, 0) is 22.6 Å². The summed E-state index contributed by atoms with van der Waals surface area (Å²) >= 11 is 0. The number of hydrogen-bond donors (Lipinski definition) is 0. The molecule has 0 bridgehead atoms. The summed E-state index contributed by atoms with van der Waals surface area (Å²) in [4.78, 5) is 16.9. The first-order valence-electron chi connectivity index (χ1n) is 8.98. The highest BCUT2D eigenvalue weighted by molar-refractivity contribution is 5.76. The molecule has 2 aliphatic heterocycles. The number of amides is 1. The molecular weight excluding hydrogens is 338 g/mol. The van der Waals surface area contributed by atoms with Gasteiger partial charge in [-0.15, -0.1) is 5.10 Å². The molecule has 0 radical (unpaired) electrons. The Kier molecular flexibility index (Phi) is 4.93. The lowest BCUT2D eigenvalue weighted by molar-refractivity contribution is -0.133. The van der Waals surface area contributed by atoms with E-state index in [2.05, 4.69) is 25.6 Å². The molecule has 26 heavy (non-hydrogen) atoms. The highest BCUT2D eigenvalue weighted by Gasteiger charge is 2.33. The third kappa shape index (κ3) is 3.61. The number of carbonyl (C=O) groups is 1. The van der Waals surface area contributed by atoms with Crippen LogP contribution < -0.4 is 0 Å². The summed E-state index contributed by atoms with van der Waals surface area (Å²) in [5.41, 5.74) is 0.826. The Morgan fingerprint density at radius 3 is 2.92 bits per heavy atom. The molecule has 10 nitrogen and oxygen atoms in total. The van der Waals surface area contributed by atoms with E-state index in [0.29, 0.717) is 32.1 Å². The Hall–Kier alpha value is -2.33. The number of hydrogen-bond acceptors (Lipinski definition) is 8. The fraction of sp³-hybridized carbons (Fsp3) is 0.688. The van der Waals surface area contributed by atoms with Crippen LogP contribution in [0.3, 0.4) is 0 Å². The number of aryl methyl sites for hydroxylation is 1. The van der Waals surface area contributed by atoms with E-state index in [4.69, 9.17) is 9.26 Å². The Balaban J connectivity index is 1.42. The molecule has 1 atom stereocenters. The summed E-state index contributed by atoms with van der Waals surface area (Å²) in [7, 11) is 0. The lowest BCUT2D eigenvalue weighted by atomic mass is 10.1. The van der Waals surface area contributed by atoms with Crippen molar-refractivity contribution in [3.05, 3.63) is 23.3 Å². The van der Waals surface area contributed by atoms with E-state index in [1.165, 1.54) is 0 Å². The van der Waals surface area contributed by atoms with Crippen LogP contribution in [0.1, 0.15) is 36.2 Å². The minimum Gasteiger partial charge on any atom is -0.379 e. The second-order valence-corrected chi connectivity index (χ2v) is 6.76. The van der Waals surface area contributed by atoms with Gasteiger partial charge in [0.15, 0.2) is 11.6 Å². The molecule has 10 heteroatoms. The van der Waals surface area contributed by atoms with Crippen LogP contribution >= 0.6 is 0 Å². The van der Waals surface area contributed by atoms with Crippen molar-refractivity contribution in [1.82, 2.24) is 35.2 Å². The number of morpholine rings is 1. The molecule has 0 spiro atoms. The van der Waals surface area contributed by atoms with Gasteiger partial charge in [-0.05, 0) is 30.2 Å². The van der Waals surface area contributed by atoms with Crippen molar-refractivity contribution < 1.29 is 14.1 Å². The molecule has 2 fully saturated rings. The minimum absolute atomic E-state index is 0.00270. The second-order valence-electron chi connectivity index (χ2n) is 6.76. The lowest BCUT2D eigenvalue weighted by Crippen LogP contribution is -2.37. The molecule has 0 N–H and O–H groups in total. The quantitative estimate of drug-likeness (QED) is 0.742. The molecule has 2 aromatic rings. The van der Waals surface area contributed by atoms with Gasteiger partial charge in [0.2, 0.25) is 5.91 Å². The molecule has 0 unspecified atom stereocenters. The van der Waals surface area contributed by atoms with E-state index in [-0.39, 0.29) is 18.5 Å². The van der Waals surface area contributed by atoms with Crippen LogP contribution in [-0.4, -0.2) is 73.9 Å². The molecular formula is C16H23N7O3. The zero-order valence-corrected chi connectivity index (χ0v) is 14.9. The van der Waals surface area contributed by atoms with Gasteiger partial charge in [0.05, 0.1) is 31.5 Å². The fourth-order valence-electron chi connectivity index (χ4n) is 3.54. The van der Waals surface area contributed by atoms with E-state index < -0.39 is 0 Å². The number of carbonyl (C=O) groups excluding carboxylic acids is 1. The maximum absolute atomic E-state index is 12.9. The molecule has 0 aliphatic carbocycles. The van der Waals surface area contributed by atoms with Crippen molar-refractivity contribution in [1.29, 1.82) is 0 Å². The van der Waals surface area contributed by atoms with Crippen LogP contribution in [0.2, 0.25) is 0 Å². The van der Waals surface area contributed by atoms with Gasteiger partial charge in [-0.1, -0.05) is 5.16 Å². The van der Waals surface area contributed by atoms with Crippen molar-refractivity contribution in [2.24, 2.45) is 0 Å². The molecule has 4 heterocycles. The van der Waals surface area contributed by atoms with Crippen molar-refractivity contribution in [2.75, 3.05) is 32.8 Å². The Morgan fingerprint density at radius 1 is 1.31 bits per heavy atom. The first-order chi connectivity index (χ1) is 12.7. The predicted molar refractivity (Wildman–Crippen MR) is 88.8 cm³/mol. The highest BCUT2D eigenvalue weighted by Crippen LogP contribution is 2.32. The Bertz CT molecular complexity index is 753. The maximum atomic E-state index is 12.9. The van der Waals surface area contributed by atoms with E-state index >= 15 is 0 Å². The first-order valence-corrected chi connectivity index (χ1v) is 8.98. The van der Waals surface area contributed by atoms with Crippen LogP contribution in [0, 0.1) is 6.92 Å². The molecule has 2 saturated heterocycles. The third-order valence-corrected chi connectivity index (χ3v) is 4.91. The number of ether oxygens (including phenoxy) is 1. The maximum Gasteiger partial charge on any atom is 0.245 e. The molecule has 2 aromatic heterocycles. The van der Waals surface area contributed by atoms with Crippen LogP contribution in [0.25, 0.3) is 0 Å². The van der Waals surface area contributed by atoms with Gasteiger partial charge < -0.3 is 14.2 Å². The van der Waals surface area contributed by atoms with E-state index in [1.54, 1.807) is 4.68 Å². The van der Waals surface area contributed by atoms with Crippen LogP contribution in [0.5, 0.6) is 0 Å². The van der Waals surface area contributed by atoms with E-state index in [1.807, 2.05) is 17.9 Å². The molecule has 140 valence electrons. The first kappa shape index (κ1) is 17.1. The van der Waals surface area contributed by atoms with Gasteiger partial charge in [0.1, 0.15) is 6.54 Å². The molecule has 2 aliphatic rings. The van der Waals surface area contributed by atoms with Gasteiger partial charge in [0, 0.05) is 25.7 Å². The zero-order valence-electron chi connectivity index (χ0n) is 14.9. The van der Waals surface area contributed by atoms with Gasteiger partial charge in [-0.2, -0.15) is 0 Å². The van der Waals surface area contributed by atoms with Gasteiger partial charge in [-0.25, -0.2) is 4.68 Å². The molecule has 4 rings (SSSR count). The van der Waals surface area contributed by atoms with Crippen molar-refractivity contribution in [3.63, 3.8) is 0 Å². The summed E-state index contributed by atoms with van der Waals surface area (Å²) in [5, 5.41) is 15.8. The van der Waals surface area contributed by atoms with Gasteiger partial charge in [-0.3, -0.25) is 9.69 Å². The number of aromatic nitrogens is 5. The monoisotopic (exact) mass is 361 g/mol. The third-order valence-electron chi connectivity index (χ3n) is 4.91. The van der Waals surface area contributed by atoms with Crippen LogP contribution in [0.4, 0.5) is 0 Å². The molecule has 0 aromatic carbocycles. The average Bonchev–Trinajstić information content (AvgIpc) is 3.37. The fourth-order valence-corrected chi connectivity index (χ4v) is 3.54. The SMILES string of the molecule is Cc1cc([C@H]2CCCN2C(=O)Cn2nnnc2CN2CCOCC2)on1. The van der Waals surface area contributed by atoms with Crippen molar-refractivity contribution in [2.45, 2.75) is 38.9 Å². The number of rotatable bonds is 5. The van der Waals surface area contributed by atoms with Crippen molar-refractivity contribution >= 4 is 5.91 Å². The summed E-state index contributed by atoms with van der Waals surface area (Å²) < 4.78 is 12.3. The standard InChI is InChI=1S/C16H23N7O3/c1-12-9-14(26-18-12)13-3-2-4-22(13)16(24)11-23-15(17-19-20-23)10-21-5-7-25-8-6-21/h9,13H,2-8,10-11H2,1H3/t13-/m1/s1. The average molecular weight is 361 g/mol. The zero-order chi connectivity index (χ0) is 17.9. The lowest BCUT2D eigenvalue weighted by Gasteiger charge is -2.26. The number of likely N-dealkylation sites (tertiary alicyclic amines) is 1. The molecule has 1 amide bonds. The van der Waals surface area contributed by atoms with Gasteiger partial charge >= 0.3 is 0 Å². The summed E-state index contributed by atoms with van der Waals surface area (Å²) in [6, 6.07) is 1.85. The van der Waals surface area contributed by atoms with Crippen molar-refractivity contribution in [3.8, 4) is 0 Å². The van der Waals surface area contributed by atoms with Crippen LogP contribution in [0.15, 0.2) is 10.6 Å². The Morgan fingerprint density at radius 2 is 2.15 bits per heavy atom. The largest absolute Gasteiger partial charge is 0.379 e. The second kappa shape index (κ2) is 7.50. The Labute approximate surface area is 151 Å². The highest BCUT2D eigenvalue weighted by atomic mass is 16.5. The number of tetrazole rings is 1. The van der Waals surface area contributed by atoms with E-state index in [9.17, 15) is 4.79 Å². The summed E-state index contributed by atoms with van der Waals surface area (Å²) in [6.45, 7) is 6.47. The number of nitrogens with zero attached hydrogens (tertiary/aromatic N) is 7. The smallest absolute Gasteiger partial charge is 0.245 e. The minimum atomic E-state index is -0.0529. The van der Waals surface area contributed by atoms with E-state index in [0.717, 1.165) is 37.4 Å². The normalized spacial score (nSPS) is 21.4. The topological polar surface area (TPSA) is 102 Å². The van der Waals surface area contributed by atoms with Gasteiger partial charge in [0.25, 0.3) is 0 Å². The summed E-state index contributed by atoms with van der Waals surface area (Å²) in [5.74, 6) is 1.45. The predicted octanol–water partition coefficient (Wildman–Crippen LogP) is 0.165.